The lowest BCUT2D eigenvalue weighted by atomic mass is 10.2. The summed E-state index contributed by atoms with van der Waals surface area (Å²) in [4.78, 5) is 4.67. The van der Waals surface area contributed by atoms with E-state index in [0.717, 1.165) is 35.6 Å². The lowest BCUT2D eigenvalue weighted by molar-refractivity contribution is 0.150. The molecule has 0 aliphatic carbocycles. The van der Waals surface area contributed by atoms with Crippen LogP contribution < -0.4 is 0 Å². The number of rotatable bonds is 2. The highest BCUT2D eigenvalue weighted by atomic mass is 32.2. The van der Waals surface area contributed by atoms with Gasteiger partial charge in [-0.3, -0.25) is 9.11 Å². The highest BCUT2D eigenvalue weighted by molar-refractivity contribution is 8.23. The van der Waals surface area contributed by atoms with Gasteiger partial charge >= 0.3 is 0 Å². The Hall–Kier alpha value is 0.350. The van der Waals surface area contributed by atoms with Crippen LogP contribution in [0.5, 0.6) is 0 Å². The molecule has 2 saturated heterocycles. The molecule has 2 heterocycles. The Morgan fingerprint density at radius 1 is 1.50 bits per heavy atom. The van der Waals surface area contributed by atoms with Crippen LogP contribution in [0.4, 0.5) is 0 Å². The van der Waals surface area contributed by atoms with E-state index >= 15 is 0 Å². The lowest BCUT2D eigenvalue weighted by Gasteiger charge is -2.39. The van der Waals surface area contributed by atoms with Gasteiger partial charge < -0.3 is 4.90 Å². The zero-order valence-corrected chi connectivity index (χ0v) is 12.2. The minimum atomic E-state index is -0.646. The van der Waals surface area contributed by atoms with Gasteiger partial charge in [-0.2, -0.15) is 0 Å². The fraction of sp³-hybridized carbons (Fsp3) is 0.900. The van der Waals surface area contributed by atoms with E-state index in [1.807, 2.05) is 0 Å². The van der Waals surface area contributed by atoms with Crippen molar-refractivity contribution in [3.63, 3.8) is 0 Å². The first-order valence-corrected chi connectivity index (χ1v) is 8.40. The van der Waals surface area contributed by atoms with Crippen LogP contribution in [0.15, 0.2) is 0 Å². The lowest BCUT2D eigenvalue weighted by Crippen LogP contribution is -2.53. The third kappa shape index (κ3) is 2.60. The maximum absolute atomic E-state index is 11.7. The van der Waals surface area contributed by atoms with Crippen LogP contribution in [0.25, 0.3) is 0 Å². The van der Waals surface area contributed by atoms with E-state index in [1.54, 1.807) is 11.8 Å². The van der Waals surface area contributed by atoms with Gasteiger partial charge in [0.2, 0.25) is 0 Å². The summed E-state index contributed by atoms with van der Waals surface area (Å²) in [7, 11) is -0.646. The van der Waals surface area contributed by atoms with Crippen LogP contribution in [-0.4, -0.2) is 60.9 Å². The van der Waals surface area contributed by atoms with Crippen LogP contribution in [0.1, 0.15) is 13.8 Å². The first-order chi connectivity index (χ1) is 7.59. The van der Waals surface area contributed by atoms with Crippen molar-refractivity contribution in [1.82, 2.24) is 9.80 Å². The monoisotopic (exact) mass is 278 g/mol. The summed E-state index contributed by atoms with van der Waals surface area (Å²) in [6.45, 7) is 7.17. The minimum absolute atomic E-state index is 0.276. The van der Waals surface area contributed by atoms with Gasteiger partial charge in [0, 0.05) is 46.7 Å². The Labute approximate surface area is 109 Å². The van der Waals surface area contributed by atoms with Crippen molar-refractivity contribution in [2.45, 2.75) is 25.1 Å². The SMILES string of the molecule is C[C@@H]1[C@@H](C)[S@@](=O)CCN1CN1CCSC1=S. The molecule has 2 rings (SSSR count). The summed E-state index contributed by atoms with van der Waals surface area (Å²) in [6.07, 6.45) is 0. The van der Waals surface area contributed by atoms with Crippen LogP contribution >= 0.6 is 24.0 Å². The van der Waals surface area contributed by atoms with Gasteiger partial charge in [-0.15, -0.1) is 0 Å². The number of thiocarbonyl (C=S) groups is 1. The molecular weight excluding hydrogens is 260 g/mol. The largest absolute Gasteiger partial charge is 0.344 e. The summed E-state index contributed by atoms with van der Waals surface area (Å²) in [5, 5.41) is 0.276. The van der Waals surface area contributed by atoms with Crippen LogP contribution in [0.2, 0.25) is 0 Å². The quantitative estimate of drug-likeness (QED) is 0.705. The van der Waals surface area contributed by atoms with Crippen molar-refractivity contribution in [3.8, 4) is 0 Å². The molecule has 0 spiro atoms. The second-order valence-corrected chi connectivity index (χ2v) is 8.00. The predicted molar refractivity (Wildman–Crippen MR) is 75.3 cm³/mol. The third-order valence-electron chi connectivity index (χ3n) is 3.45. The van der Waals surface area contributed by atoms with Gasteiger partial charge in [0.25, 0.3) is 0 Å². The van der Waals surface area contributed by atoms with E-state index < -0.39 is 10.8 Å². The van der Waals surface area contributed by atoms with E-state index in [2.05, 4.69) is 23.6 Å². The topological polar surface area (TPSA) is 23.6 Å². The Balaban J connectivity index is 1.94. The average molecular weight is 278 g/mol. The van der Waals surface area contributed by atoms with Gasteiger partial charge in [-0.05, 0) is 13.8 Å². The number of thioether (sulfide) groups is 1. The molecule has 2 aliphatic rings. The molecular formula is C10H18N2OS3. The smallest absolute Gasteiger partial charge is 0.137 e. The summed E-state index contributed by atoms with van der Waals surface area (Å²) in [6, 6.07) is 0.392. The van der Waals surface area contributed by atoms with Crippen molar-refractivity contribution < 1.29 is 4.21 Å². The summed E-state index contributed by atoms with van der Waals surface area (Å²) >= 11 is 7.07. The molecule has 3 nitrogen and oxygen atoms in total. The van der Waals surface area contributed by atoms with Crippen molar-refractivity contribution in [2.75, 3.05) is 31.3 Å². The van der Waals surface area contributed by atoms with E-state index in [9.17, 15) is 4.21 Å². The zero-order valence-electron chi connectivity index (χ0n) is 9.72. The standard InChI is InChI=1S/C10H18N2OS3/c1-8-9(2)16(13)6-4-11(8)7-12-3-5-15-10(12)14/h8-9H,3-7H2,1-2H3/t8-,9-,16+/m1/s1. The third-order valence-corrected chi connectivity index (χ3v) is 6.76. The molecule has 0 aromatic carbocycles. The van der Waals surface area contributed by atoms with Crippen molar-refractivity contribution in [3.05, 3.63) is 0 Å². The van der Waals surface area contributed by atoms with E-state index in [4.69, 9.17) is 12.2 Å². The Bertz CT molecular complexity index is 310. The zero-order chi connectivity index (χ0) is 11.7. The molecule has 0 saturated carbocycles. The van der Waals surface area contributed by atoms with E-state index in [0.29, 0.717) is 6.04 Å². The Morgan fingerprint density at radius 2 is 2.25 bits per heavy atom. The molecule has 0 N–H and O–H groups in total. The molecule has 0 amide bonds. The molecule has 2 aliphatic heterocycles. The van der Waals surface area contributed by atoms with Gasteiger partial charge in [0.15, 0.2) is 0 Å². The fourth-order valence-electron chi connectivity index (χ4n) is 2.09. The number of hydrogen-bond acceptors (Lipinski definition) is 4. The maximum Gasteiger partial charge on any atom is 0.137 e. The minimum Gasteiger partial charge on any atom is -0.344 e. The van der Waals surface area contributed by atoms with E-state index in [1.165, 1.54) is 0 Å². The fourth-order valence-corrected chi connectivity index (χ4v) is 4.70. The maximum atomic E-state index is 11.7. The molecule has 0 radical (unpaired) electrons. The van der Waals surface area contributed by atoms with Gasteiger partial charge in [0.1, 0.15) is 4.32 Å². The first kappa shape index (κ1) is 12.8. The van der Waals surface area contributed by atoms with Crippen molar-refractivity contribution in [1.29, 1.82) is 0 Å². The molecule has 0 aromatic heterocycles. The molecule has 3 atom stereocenters. The normalized spacial score (nSPS) is 37.0. The molecule has 0 bridgehead atoms. The van der Waals surface area contributed by atoms with Crippen molar-refractivity contribution in [2.24, 2.45) is 0 Å². The second-order valence-electron chi connectivity index (χ2n) is 4.36. The van der Waals surface area contributed by atoms with Crippen LogP contribution in [0.3, 0.4) is 0 Å². The Kier molecular flexibility index (Phi) is 4.26. The van der Waals surface area contributed by atoms with Crippen LogP contribution in [0, 0.1) is 0 Å². The number of nitrogens with zero attached hydrogens (tertiary/aromatic N) is 2. The van der Waals surface area contributed by atoms with Gasteiger partial charge in [-0.25, -0.2) is 0 Å². The second kappa shape index (κ2) is 5.33. The summed E-state index contributed by atoms with van der Waals surface area (Å²) < 4.78 is 12.7. The van der Waals surface area contributed by atoms with Crippen molar-refractivity contribution >= 4 is 39.1 Å². The summed E-state index contributed by atoms with van der Waals surface area (Å²) in [5.41, 5.74) is 0. The van der Waals surface area contributed by atoms with Gasteiger partial charge in [-0.1, -0.05) is 24.0 Å². The summed E-state index contributed by atoms with van der Waals surface area (Å²) in [5.74, 6) is 1.92. The van der Waals surface area contributed by atoms with Crippen LogP contribution in [-0.2, 0) is 10.8 Å². The highest BCUT2D eigenvalue weighted by Crippen LogP contribution is 2.21. The molecule has 0 aromatic rings. The van der Waals surface area contributed by atoms with Gasteiger partial charge in [0.05, 0.1) is 6.67 Å². The number of hydrogen-bond donors (Lipinski definition) is 0. The molecule has 16 heavy (non-hydrogen) atoms. The molecule has 6 heteroatoms. The first-order valence-electron chi connectivity index (χ1n) is 5.62. The predicted octanol–water partition coefficient (Wildman–Crippen LogP) is 1.12. The molecule has 2 fully saturated rings. The highest BCUT2D eigenvalue weighted by Gasteiger charge is 2.31. The Morgan fingerprint density at radius 3 is 2.88 bits per heavy atom. The van der Waals surface area contributed by atoms with E-state index in [-0.39, 0.29) is 5.25 Å². The molecule has 92 valence electrons. The molecule has 0 unspecified atom stereocenters. The average Bonchev–Trinajstić information content (AvgIpc) is 2.65.